The van der Waals surface area contributed by atoms with Crippen LogP contribution in [0.2, 0.25) is 0 Å². The first-order chi connectivity index (χ1) is 28.0. The van der Waals surface area contributed by atoms with Crippen molar-refractivity contribution in [3.8, 4) is 0 Å². The molecule has 0 aliphatic heterocycles. The third-order valence-electron chi connectivity index (χ3n) is 10.6. The fourth-order valence-corrected chi connectivity index (χ4v) is 6.89. The van der Waals surface area contributed by atoms with Crippen LogP contribution >= 0.6 is 0 Å². The Balaban J connectivity index is 4.36. The van der Waals surface area contributed by atoms with Crippen LogP contribution in [0.15, 0.2) is 36.5 Å². The van der Waals surface area contributed by atoms with Gasteiger partial charge in [-0.3, -0.25) is 14.4 Å². The molecule has 0 radical (unpaired) electrons. The Labute approximate surface area is 353 Å². The van der Waals surface area contributed by atoms with E-state index in [0.717, 1.165) is 89.9 Å². The molecule has 0 heterocycles. The predicted molar refractivity (Wildman–Crippen MR) is 242 cm³/mol. The van der Waals surface area contributed by atoms with Crippen LogP contribution in [-0.2, 0) is 28.6 Å². The minimum absolute atomic E-state index is 0.0790. The van der Waals surface area contributed by atoms with Gasteiger partial charge in [-0.25, -0.2) is 0 Å². The summed E-state index contributed by atoms with van der Waals surface area (Å²) in [6.45, 7) is 6.54. The number of allylic oxidation sites excluding steroid dienone is 6. The fraction of sp³-hybridized carbons (Fsp3) is 0.824. The van der Waals surface area contributed by atoms with Gasteiger partial charge in [0.2, 0.25) is 0 Å². The molecule has 57 heavy (non-hydrogen) atoms. The maximum atomic E-state index is 12.7. The molecular formula is C51H92O6. The molecule has 0 rings (SSSR count). The van der Waals surface area contributed by atoms with Gasteiger partial charge in [0.05, 0.1) is 0 Å². The Morgan fingerprint density at radius 1 is 0.351 bits per heavy atom. The molecule has 6 heteroatoms. The number of carbonyl (C=O) groups is 3. The van der Waals surface area contributed by atoms with Crippen molar-refractivity contribution in [3.05, 3.63) is 36.5 Å². The topological polar surface area (TPSA) is 78.9 Å². The predicted octanol–water partition coefficient (Wildman–Crippen LogP) is 15.8. The number of hydrogen-bond donors (Lipinski definition) is 0. The number of esters is 3. The smallest absolute Gasteiger partial charge is 0.306 e. The highest BCUT2D eigenvalue weighted by Crippen LogP contribution is 2.15. The van der Waals surface area contributed by atoms with E-state index in [4.69, 9.17) is 14.2 Å². The van der Waals surface area contributed by atoms with Gasteiger partial charge < -0.3 is 14.2 Å². The van der Waals surface area contributed by atoms with E-state index in [0.29, 0.717) is 19.3 Å². The van der Waals surface area contributed by atoms with Gasteiger partial charge in [-0.1, -0.05) is 198 Å². The van der Waals surface area contributed by atoms with E-state index >= 15 is 0 Å². The van der Waals surface area contributed by atoms with Crippen LogP contribution in [0, 0.1) is 0 Å². The Morgan fingerprint density at radius 3 is 1.09 bits per heavy atom. The Kier molecular flexibility index (Phi) is 44.4. The molecular weight excluding hydrogens is 709 g/mol. The molecule has 0 aromatic rings. The van der Waals surface area contributed by atoms with E-state index in [1.54, 1.807) is 0 Å². The number of unbranched alkanes of at least 4 members (excludes halogenated alkanes) is 27. The molecule has 0 aliphatic rings. The summed E-state index contributed by atoms with van der Waals surface area (Å²) in [7, 11) is 0. The summed E-state index contributed by atoms with van der Waals surface area (Å²) in [5, 5.41) is 0. The van der Waals surface area contributed by atoms with Gasteiger partial charge in [0.1, 0.15) is 13.2 Å². The van der Waals surface area contributed by atoms with Gasteiger partial charge in [-0.2, -0.15) is 0 Å². The zero-order valence-corrected chi connectivity index (χ0v) is 37.9. The van der Waals surface area contributed by atoms with Gasteiger partial charge in [-0.15, -0.1) is 0 Å². The van der Waals surface area contributed by atoms with Crippen molar-refractivity contribution in [2.45, 2.75) is 258 Å². The van der Waals surface area contributed by atoms with Crippen LogP contribution in [0.4, 0.5) is 0 Å². The summed E-state index contributed by atoms with van der Waals surface area (Å²) in [5.41, 5.74) is 0. The van der Waals surface area contributed by atoms with Crippen LogP contribution in [-0.4, -0.2) is 37.2 Å². The number of hydrogen-bond acceptors (Lipinski definition) is 6. The zero-order chi connectivity index (χ0) is 41.5. The average molecular weight is 801 g/mol. The second kappa shape index (κ2) is 46.3. The average Bonchev–Trinajstić information content (AvgIpc) is 3.21. The molecule has 0 saturated carbocycles. The lowest BCUT2D eigenvalue weighted by Gasteiger charge is -2.18. The molecule has 0 aliphatic carbocycles. The lowest BCUT2D eigenvalue weighted by molar-refractivity contribution is -0.167. The first-order valence-corrected chi connectivity index (χ1v) is 24.5. The normalized spacial score (nSPS) is 12.3. The summed E-state index contributed by atoms with van der Waals surface area (Å²) in [5.74, 6) is -0.896. The van der Waals surface area contributed by atoms with E-state index < -0.39 is 6.10 Å². The van der Waals surface area contributed by atoms with Gasteiger partial charge in [-0.05, 0) is 70.6 Å². The van der Waals surface area contributed by atoms with Crippen molar-refractivity contribution in [2.75, 3.05) is 13.2 Å². The molecule has 0 aromatic heterocycles. The maximum absolute atomic E-state index is 12.7. The monoisotopic (exact) mass is 801 g/mol. The van der Waals surface area contributed by atoms with E-state index in [-0.39, 0.29) is 31.1 Å². The highest BCUT2D eigenvalue weighted by atomic mass is 16.6. The van der Waals surface area contributed by atoms with Crippen molar-refractivity contribution < 1.29 is 28.6 Å². The first-order valence-electron chi connectivity index (χ1n) is 24.5. The van der Waals surface area contributed by atoms with Crippen LogP contribution in [0.25, 0.3) is 0 Å². The molecule has 0 bridgehead atoms. The lowest BCUT2D eigenvalue weighted by Crippen LogP contribution is -2.30. The lowest BCUT2D eigenvalue weighted by atomic mass is 10.0. The molecule has 0 N–H and O–H groups in total. The highest BCUT2D eigenvalue weighted by molar-refractivity contribution is 5.71. The molecule has 6 nitrogen and oxygen atoms in total. The minimum Gasteiger partial charge on any atom is -0.462 e. The standard InChI is InChI=1S/C51H92O6/c1-4-7-10-13-16-19-22-24-26-28-29-32-35-38-41-44-50(53)56-47-48(46-55-49(52)43-40-37-34-31-21-18-15-12-9-6-3)57-51(54)45-42-39-36-33-30-27-25-23-20-17-14-11-8-5-2/h12,15-16,19,24,26,48H,4-11,13-14,17-18,20-23,25,27-47H2,1-3H3/b15-12-,19-16-,26-24-. The van der Waals surface area contributed by atoms with Gasteiger partial charge >= 0.3 is 17.9 Å². The molecule has 1 atom stereocenters. The van der Waals surface area contributed by atoms with Gasteiger partial charge in [0, 0.05) is 19.3 Å². The van der Waals surface area contributed by atoms with Crippen molar-refractivity contribution in [2.24, 2.45) is 0 Å². The number of carbonyl (C=O) groups excluding carboxylic acids is 3. The summed E-state index contributed by atoms with van der Waals surface area (Å²) in [6, 6.07) is 0. The van der Waals surface area contributed by atoms with E-state index in [1.807, 2.05) is 0 Å². The highest BCUT2D eigenvalue weighted by Gasteiger charge is 2.19. The molecule has 332 valence electrons. The summed E-state index contributed by atoms with van der Waals surface area (Å²) < 4.78 is 16.7. The van der Waals surface area contributed by atoms with Crippen molar-refractivity contribution >= 4 is 17.9 Å². The molecule has 0 amide bonds. The van der Waals surface area contributed by atoms with E-state index in [1.165, 1.54) is 122 Å². The fourth-order valence-electron chi connectivity index (χ4n) is 6.89. The SMILES string of the molecule is CCC/C=C\CCCCCCCC(=O)OCC(COC(=O)CCCCCCC/C=C\C/C=C\CCCCC)OC(=O)CCCCCCCCCCCCCCCC. The zero-order valence-electron chi connectivity index (χ0n) is 37.9. The van der Waals surface area contributed by atoms with Gasteiger partial charge in [0.25, 0.3) is 0 Å². The largest absolute Gasteiger partial charge is 0.462 e. The Bertz CT molecular complexity index is 969. The van der Waals surface area contributed by atoms with Crippen molar-refractivity contribution in [3.63, 3.8) is 0 Å². The number of ether oxygens (including phenoxy) is 3. The van der Waals surface area contributed by atoms with Crippen LogP contribution in [0.5, 0.6) is 0 Å². The van der Waals surface area contributed by atoms with Crippen LogP contribution < -0.4 is 0 Å². The Hall–Kier alpha value is -2.37. The van der Waals surface area contributed by atoms with E-state index in [2.05, 4.69) is 57.2 Å². The third-order valence-corrected chi connectivity index (χ3v) is 10.6. The van der Waals surface area contributed by atoms with Gasteiger partial charge in [0.15, 0.2) is 6.10 Å². The summed E-state index contributed by atoms with van der Waals surface area (Å²) in [6.07, 6.45) is 52.7. The first kappa shape index (κ1) is 54.6. The molecule has 0 spiro atoms. The van der Waals surface area contributed by atoms with Crippen LogP contribution in [0.1, 0.15) is 252 Å². The molecule has 0 saturated heterocycles. The third kappa shape index (κ3) is 44.6. The van der Waals surface area contributed by atoms with E-state index in [9.17, 15) is 14.4 Å². The quantitative estimate of drug-likeness (QED) is 0.0264. The Morgan fingerprint density at radius 2 is 0.667 bits per heavy atom. The summed E-state index contributed by atoms with van der Waals surface area (Å²) in [4.78, 5) is 37.8. The summed E-state index contributed by atoms with van der Waals surface area (Å²) >= 11 is 0. The second-order valence-electron chi connectivity index (χ2n) is 16.4. The second-order valence-corrected chi connectivity index (χ2v) is 16.4. The minimum atomic E-state index is -0.776. The molecule has 0 aromatic carbocycles. The van der Waals surface area contributed by atoms with Crippen molar-refractivity contribution in [1.29, 1.82) is 0 Å². The maximum Gasteiger partial charge on any atom is 0.306 e. The van der Waals surface area contributed by atoms with Crippen LogP contribution in [0.3, 0.4) is 0 Å². The molecule has 1 unspecified atom stereocenters. The number of rotatable bonds is 44. The molecule has 0 fully saturated rings. The van der Waals surface area contributed by atoms with Crippen molar-refractivity contribution in [1.82, 2.24) is 0 Å².